The van der Waals surface area contributed by atoms with Crippen LogP contribution in [0.3, 0.4) is 0 Å². The Morgan fingerprint density at radius 1 is 1.56 bits per heavy atom. The number of carbonyl (C=O) groups excluding carboxylic acids is 1. The molecule has 0 aromatic heterocycles. The fraction of sp³-hybridized carbons (Fsp3) is 0.300. The molecule has 6 nitrogen and oxygen atoms in total. The average Bonchev–Trinajstić information content (AvgIpc) is 2.15. The summed E-state index contributed by atoms with van der Waals surface area (Å²) in [5.41, 5.74) is 6.93. The van der Waals surface area contributed by atoms with Crippen molar-refractivity contribution in [3.63, 3.8) is 0 Å². The molecule has 0 saturated carbocycles. The topological polar surface area (TPSA) is 95.5 Å². The zero-order valence-corrected chi connectivity index (χ0v) is 9.02. The van der Waals surface area contributed by atoms with Crippen LogP contribution in [0.15, 0.2) is 12.1 Å². The number of carbonyl (C=O) groups is 1. The minimum atomic E-state index is -0.494. The highest BCUT2D eigenvalue weighted by molar-refractivity contribution is 5.66. The Hall–Kier alpha value is -2.11. The van der Waals surface area contributed by atoms with Gasteiger partial charge in [0.15, 0.2) is 0 Å². The highest BCUT2D eigenvalue weighted by Crippen LogP contribution is 2.25. The number of benzene rings is 1. The first-order valence-corrected chi connectivity index (χ1v) is 4.58. The van der Waals surface area contributed by atoms with Crippen molar-refractivity contribution in [3.8, 4) is 0 Å². The van der Waals surface area contributed by atoms with Crippen LogP contribution < -0.4 is 5.73 Å². The summed E-state index contributed by atoms with van der Waals surface area (Å²) in [5.74, 6) is -0.456. The molecule has 0 saturated heterocycles. The van der Waals surface area contributed by atoms with Crippen molar-refractivity contribution in [1.82, 2.24) is 0 Å². The summed E-state index contributed by atoms with van der Waals surface area (Å²) >= 11 is 0. The fourth-order valence-electron chi connectivity index (χ4n) is 1.26. The van der Waals surface area contributed by atoms with E-state index < -0.39 is 10.9 Å². The van der Waals surface area contributed by atoms with Crippen LogP contribution in [-0.2, 0) is 16.1 Å². The second-order valence-electron chi connectivity index (χ2n) is 3.37. The lowest BCUT2D eigenvalue weighted by Gasteiger charge is -2.07. The molecule has 0 aliphatic heterocycles. The summed E-state index contributed by atoms with van der Waals surface area (Å²) in [7, 11) is 0. The van der Waals surface area contributed by atoms with Gasteiger partial charge in [0.25, 0.3) is 5.69 Å². The van der Waals surface area contributed by atoms with Gasteiger partial charge in [0.2, 0.25) is 0 Å². The maximum Gasteiger partial charge on any atom is 0.302 e. The molecular formula is C10H12N2O4. The summed E-state index contributed by atoms with van der Waals surface area (Å²) in [6.07, 6.45) is 0. The SMILES string of the molecule is CC(=O)OCc1cc([N+](=O)[O-])c(C)cc1N. The summed E-state index contributed by atoms with van der Waals surface area (Å²) in [4.78, 5) is 20.8. The number of esters is 1. The molecule has 0 aliphatic rings. The van der Waals surface area contributed by atoms with Gasteiger partial charge in [-0.3, -0.25) is 14.9 Å². The lowest BCUT2D eigenvalue weighted by Crippen LogP contribution is -2.04. The molecule has 0 heterocycles. The van der Waals surface area contributed by atoms with E-state index >= 15 is 0 Å². The number of hydrogen-bond acceptors (Lipinski definition) is 5. The van der Waals surface area contributed by atoms with Crippen LogP contribution in [0, 0.1) is 17.0 Å². The highest BCUT2D eigenvalue weighted by Gasteiger charge is 2.14. The van der Waals surface area contributed by atoms with E-state index in [2.05, 4.69) is 0 Å². The van der Waals surface area contributed by atoms with Crippen LogP contribution in [0.1, 0.15) is 18.1 Å². The molecule has 0 bridgehead atoms. The molecule has 0 spiro atoms. The monoisotopic (exact) mass is 224 g/mol. The van der Waals surface area contributed by atoms with Gasteiger partial charge in [-0.05, 0) is 13.0 Å². The van der Waals surface area contributed by atoms with Crippen LogP contribution in [0.25, 0.3) is 0 Å². The molecule has 1 rings (SSSR count). The number of rotatable bonds is 3. The molecule has 0 atom stereocenters. The Morgan fingerprint density at radius 2 is 2.19 bits per heavy atom. The molecule has 0 unspecified atom stereocenters. The first kappa shape index (κ1) is 12.0. The fourth-order valence-corrected chi connectivity index (χ4v) is 1.26. The van der Waals surface area contributed by atoms with Gasteiger partial charge in [-0.25, -0.2) is 0 Å². The number of aryl methyl sites for hydroxylation is 1. The van der Waals surface area contributed by atoms with Crippen LogP contribution in [-0.4, -0.2) is 10.9 Å². The van der Waals surface area contributed by atoms with E-state index in [-0.39, 0.29) is 12.3 Å². The zero-order chi connectivity index (χ0) is 12.3. The van der Waals surface area contributed by atoms with E-state index in [1.54, 1.807) is 6.92 Å². The molecule has 2 N–H and O–H groups in total. The van der Waals surface area contributed by atoms with Gasteiger partial charge in [0, 0.05) is 29.8 Å². The maximum atomic E-state index is 10.7. The van der Waals surface area contributed by atoms with Crippen molar-refractivity contribution in [2.75, 3.05) is 5.73 Å². The molecular weight excluding hydrogens is 212 g/mol. The zero-order valence-electron chi connectivity index (χ0n) is 9.02. The Balaban J connectivity index is 3.05. The Bertz CT molecular complexity index is 443. The molecule has 86 valence electrons. The van der Waals surface area contributed by atoms with Crippen LogP contribution >= 0.6 is 0 Å². The summed E-state index contributed by atoms with van der Waals surface area (Å²) in [6, 6.07) is 2.82. The third-order valence-electron chi connectivity index (χ3n) is 2.09. The minimum absolute atomic E-state index is 0.0312. The van der Waals surface area contributed by atoms with E-state index in [0.717, 1.165) is 0 Å². The Morgan fingerprint density at radius 3 is 2.69 bits per heavy atom. The van der Waals surface area contributed by atoms with Crippen molar-refractivity contribution in [2.24, 2.45) is 0 Å². The molecule has 0 aliphatic carbocycles. The van der Waals surface area contributed by atoms with Gasteiger partial charge < -0.3 is 10.5 Å². The molecule has 6 heteroatoms. The van der Waals surface area contributed by atoms with E-state index in [9.17, 15) is 14.9 Å². The number of nitro benzene ring substituents is 1. The Kier molecular flexibility index (Phi) is 3.44. The maximum absolute atomic E-state index is 10.7. The number of anilines is 1. The molecule has 0 fully saturated rings. The normalized spacial score (nSPS) is 9.88. The lowest BCUT2D eigenvalue weighted by atomic mass is 10.1. The second-order valence-corrected chi connectivity index (χ2v) is 3.37. The number of ether oxygens (including phenoxy) is 1. The number of nitrogen functional groups attached to an aromatic ring is 1. The largest absolute Gasteiger partial charge is 0.461 e. The summed E-state index contributed by atoms with van der Waals surface area (Å²) in [5, 5.41) is 10.7. The van der Waals surface area contributed by atoms with E-state index in [0.29, 0.717) is 16.8 Å². The quantitative estimate of drug-likeness (QED) is 0.363. The second kappa shape index (κ2) is 4.61. The highest BCUT2D eigenvalue weighted by atomic mass is 16.6. The predicted octanol–water partition coefficient (Wildman–Crippen LogP) is 1.55. The molecule has 0 amide bonds. The van der Waals surface area contributed by atoms with E-state index in [4.69, 9.17) is 10.5 Å². The number of nitrogens with zero attached hydrogens (tertiary/aromatic N) is 1. The first-order valence-electron chi connectivity index (χ1n) is 4.58. The molecule has 16 heavy (non-hydrogen) atoms. The lowest BCUT2D eigenvalue weighted by molar-refractivity contribution is -0.385. The van der Waals surface area contributed by atoms with Gasteiger partial charge in [-0.1, -0.05) is 0 Å². The van der Waals surface area contributed by atoms with Crippen molar-refractivity contribution >= 4 is 17.3 Å². The van der Waals surface area contributed by atoms with Crippen molar-refractivity contribution in [1.29, 1.82) is 0 Å². The van der Waals surface area contributed by atoms with Gasteiger partial charge in [-0.2, -0.15) is 0 Å². The standard InChI is InChI=1S/C10H12N2O4/c1-6-3-9(11)8(5-16-7(2)13)4-10(6)12(14)15/h3-4H,5,11H2,1-2H3. The minimum Gasteiger partial charge on any atom is -0.461 e. The van der Waals surface area contributed by atoms with Crippen LogP contribution in [0.2, 0.25) is 0 Å². The van der Waals surface area contributed by atoms with Gasteiger partial charge in [0.1, 0.15) is 6.61 Å². The van der Waals surface area contributed by atoms with Gasteiger partial charge in [0.05, 0.1) is 4.92 Å². The van der Waals surface area contributed by atoms with Gasteiger partial charge >= 0.3 is 5.97 Å². The first-order chi connectivity index (χ1) is 7.41. The van der Waals surface area contributed by atoms with Crippen LogP contribution in [0.5, 0.6) is 0 Å². The Labute approximate surface area is 92.2 Å². The smallest absolute Gasteiger partial charge is 0.302 e. The summed E-state index contributed by atoms with van der Waals surface area (Å²) < 4.78 is 4.74. The molecule has 1 aromatic rings. The number of hydrogen-bond donors (Lipinski definition) is 1. The third-order valence-corrected chi connectivity index (χ3v) is 2.09. The van der Waals surface area contributed by atoms with E-state index in [1.165, 1.54) is 19.1 Å². The van der Waals surface area contributed by atoms with E-state index in [1.807, 2.05) is 0 Å². The van der Waals surface area contributed by atoms with Crippen molar-refractivity contribution < 1.29 is 14.5 Å². The number of nitro groups is 1. The van der Waals surface area contributed by atoms with Crippen molar-refractivity contribution in [3.05, 3.63) is 33.4 Å². The molecule has 0 radical (unpaired) electrons. The predicted molar refractivity (Wildman–Crippen MR) is 57.7 cm³/mol. The summed E-state index contributed by atoms with van der Waals surface area (Å²) in [6.45, 7) is 2.81. The van der Waals surface area contributed by atoms with Crippen molar-refractivity contribution in [2.45, 2.75) is 20.5 Å². The average molecular weight is 224 g/mol. The van der Waals surface area contributed by atoms with Gasteiger partial charge in [-0.15, -0.1) is 0 Å². The molecule has 1 aromatic carbocycles. The number of nitrogens with two attached hydrogens (primary N) is 1. The third kappa shape index (κ3) is 2.69. The van der Waals surface area contributed by atoms with Crippen LogP contribution in [0.4, 0.5) is 11.4 Å².